The monoisotopic (exact) mass is 174 g/mol. The Morgan fingerprint density at radius 3 is 2.08 bits per heavy atom. The van der Waals surface area contributed by atoms with Crippen LogP contribution in [0.25, 0.3) is 0 Å². The van der Waals surface area contributed by atoms with Crippen LogP contribution >= 0.6 is 0 Å². The summed E-state index contributed by atoms with van der Waals surface area (Å²) >= 11 is 0. The highest BCUT2D eigenvalue weighted by molar-refractivity contribution is 4.97. The average molecular weight is 174 g/mol. The predicted octanol–water partition coefficient (Wildman–Crippen LogP) is 0.0456. The molecule has 0 aliphatic carbocycles. The van der Waals surface area contributed by atoms with Crippen molar-refractivity contribution in [3.63, 3.8) is 0 Å². The first-order valence-corrected chi connectivity index (χ1v) is 3.70. The molecule has 0 saturated heterocycles. The van der Waals surface area contributed by atoms with E-state index in [0.717, 1.165) is 0 Å². The molecule has 0 spiro atoms. The van der Waals surface area contributed by atoms with Gasteiger partial charge in [-0.2, -0.15) is 0 Å². The fourth-order valence-corrected chi connectivity index (χ4v) is 0.532. The summed E-state index contributed by atoms with van der Waals surface area (Å²) in [6.45, 7) is 4.62. The lowest BCUT2D eigenvalue weighted by Crippen LogP contribution is -2.14. The van der Waals surface area contributed by atoms with Gasteiger partial charge in [0.15, 0.2) is 6.29 Å². The van der Waals surface area contributed by atoms with Crippen LogP contribution in [0.1, 0.15) is 20.8 Å². The van der Waals surface area contributed by atoms with E-state index in [1.54, 1.807) is 6.92 Å². The Kier molecular flexibility index (Phi) is 5.47. The molecule has 0 aliphatic rings. The Morgan fingerprint density at radius 2 is 1.67 bits per heavy atom. The first-order valence-electron chi connectivity index (χ1n) is 3.70. The summed E-state index contributed by atoms with van der Waals surface area (Å²) in [7, 11) is 0. The van der Waals surface area contributed by atoms with Crippen LogP contribution in [0.3, 0.4) is 0 Å². The van der Waals surface area contributed by atoms with Gasteiger partial charge in [0, 0.05) is 0 Å². The number of ether oxygens (including phenoxy) is 2. The molecule has 0 aliphatic heterocycles. The largest absolute Gasteiger partial charge is 0.415 e. The summed E-state index contributed by atoms with van der Waals surface area (Å²) in [5, 5.41) is 17.4. The van der Waals surface area contributed by atoms with E-state index in [1.165, 1.54) is 13.8 Å². The second kappa shape index (κ2) is 5.84. The standard InChI is InChI=1S/C8H14O4/c1-6(12-8(3)10)4-5-11-7(2)9/h6-10H,1-3H3. The maximum atomic E-state index is 8.75. The maximum Gasteiger partial charge on any atom is 0.204 e. The summed E-state index contributed by atoms with van der Waals surface area (Å²) in [5.41, 5.74) is 0. The Bertz CT molecular complexity index is 166. The molecule has 70 valence electrons. The normalized spacial score (nSPS) is 17.1. The summed E-state index contributed by atoms with van der Waals surface area (Å²) in [4.78, 5) is 0. The molecular weight excluding hydrogens is 160 g/mol. The van der Waals surface area contributed by atoms with E-state index in [-0.39, 0.29) is 0 Å². The van der Waals surface area contributed by atoms with Crippen molar-refractivity contribution in [3.8, 4) is 12.0 Å². The molecule has 0 heterocycles. The maximum absolute atomic E-state index is 8.75. The van der Waals surface area contributed by atoms with Crippen LogP contribution in [0.5, 0.6) is 0 Å². The van der Waals surface area contributed by atoms with Crippen LogP contribution in [0, 0.1) is 12.0 Å². The van der Waals surface area contributed by atoms with Crippen LogP contribution in [-0.2, 0) is 9.47 Å². The highest BCUT2D eigenvalue weighted by Gasteiger charge is 2.00. The molecule has 3 atom stereocenters. The second-order valence-electron chi connectivity index (χ2n) is 2.34. The van der Waals surface area contributed by atoms with E-state index in [4.69, 9.17) is 14.9 Å². The average Bonchev–Trinajstić information content (AvgIpc) is 1.84. The van der Waals surface area contributed by atoms with Gasteiger partial charge in [-0.05, 0) is 26.7 Å². The second-order valence-corrected chi connectivity index (χ2v) is 2.34. The van der Waals surface area contributed by atoms with Gasteiger partial charge in [0.05, 0.1) is 0 Å². The SMILES string of the molecule is CC(O)OC#CC(C)OC(C)O. The molecule has 0 amide bonds. The van der Waals surface area contributed by atoms with Crippen molar-refractivity contribution in [1.82, 2.24) is 0 Å². The Labute approximate surface area is 72.1 Å². The molecule has 3 unspecified atom stereocenters. The zero-order chi connectivity index (χ0) is 9.56. The minimum Gasteiger partial charge on any atom is -0.415 e. The lowest BCUT2D eigenvalue weighted by molar-refractivity contribution is -0.101. The molecule has 0 aromatic rings. The Hall–Kier alpha value is -0.760. The lowest BCUT2D eigenvalue weighted by atomic mass is 10.4. The highest BCUT2D eigenvalue weighted by atomic mass is 16.6. The molecule has 2 N–H and O–H groups in total. The van der Waals surface area contributed by atoms with Gasteiger partial charge in [0.25, 0.3) is 0 Å². The van der Waals surface area contributed by atoms with Crippen molar-refractivity contribution in [2.75, 3.05) is 0 Å². The summed E-state index contributed by atoms with van der Waals surface area (Å²) in [6.07, 6.45) is 0.0880. The van der Waals surface area contributed by atoms with Crippen molar-refractivity contribution in [1.29, 1.82) is 0 Å². The predicted molar refractivity (Wildman–Crippen MR) is 42.8 cm³/mol. The number of hydrogen-bond acceptors (Lipinski definition) is 4. The number of aliphatic hydroxyl groups excluding tert-OH is 2. The number of rotatable bonds is 3. The van der Waals surface area contributed by atoms with Crippen LogP contribution in [0.2, 0.25) is 0 Å². The zero-order valence-corrected chi connectivity index (χ0v) is 7.44. The van der Waals surface area contributed by atoms with Crippen LogP contribution in [0.15, 0.2) is 0 Å². The van der Waals surface area contributed by atoms with Gasteiger partial charge < -0.3 is 19.7 Å². The van der Waals surface area contributed by atoms with Crippen molar-refractivity contribution in [3.05, 3.63) is 0 Å². The van der Waals surface area contributed by atoms with E-state index < -0.39 is 18.7 Å². The summed E-state index contributed by atoms with van der Waals surface area (Å²) in [5.74, 6) is 2.53. The molecule has 0 aromatic heterocycles. The quantitative estimate of drug-likeness (QED) is 0.468. The molecule has 0 fully saturated rings. The van der Waals surface area contributed by atoms with Gasteiger partial charge >= 0.3 is 0 Å². The molecule has 0 saturated carbocycles. The van der Waals surface area contributed by atoms with E-state index in [1.807, 2.05) is 0 Å². The topological polar surface area (TPSA) is 58.9 Å². The van der Waals surface area contributed by atoms with Crippen molar-refractivity contribution < 1.29 is 19.7 Å². The van der Waals surface area contributed by atoms with Crippen LogP contribution in [-0.4, -0.2) is 28.9 Å². The number of aliphatic hydroxyl groups is 2. The number of hydrogen-bond donors (Lipinski definition) is 2. The van der Waals surface area contributed by atoms with Crippen LogP contribution in [0.4, 0.5) is 0 Å². The smallest absolute Gasteiger partial charge is 0.204 e. The van der Waals surface area contributed by atoms with Gasteiger partial charge in [-0.25, -0.2) is 0 Å². The molecule has 0 bridgehead atoms. The van der Waals surface area contributed by atoms with Crippen molar-refractivity contribution >= 4 is 0 Å². The molecular formula is C8H14O4. The Balaban J connectivity index is 3.64. The first-order chi connectivity index (χ1) is 5.52. The highest BCUT2D eigenvalue weighted by Crippen LogP contribution is 1.92. The fraction of sp³-hybridized carbons (Fsp3) is 0.750. The molecule has 12 heavy (non-hydrogen) atoms. The van der Waals surface area contributed by atoms with E-state index in [2.05, 4.69) is 16.8 Å². The van der Waals surface area contributed by atoms with Gasteiger partial charge in [0.1, 0.15) is 12.2 Å². The van der Waals surface area contributed by atoms with Crippen molar-refractivity contribution in [2.45, 2.75) is 39.5 Å². The minimum atomic E-state index is -0.906. The molecule has 0 radical (unpaired) electrons. The van der Waals surface area contributed by atoms with Crippen molar-refractivity contribution in [2.24, 2.45) is 0 Å². The van der Waals surface area contributed by atoms with Crippen LogP contribution < -0.4 is 0 Å². The zero-order valence-electron chi connectivity index (χ0n) is 7.44. The molecule has 0 aromatic carbocycles. The van der Waals surface area contributed by atoms with E-state index in [0.29, 0.717) is 0 Å². The van der Waals surface area contributed by atoms with E-state index in [9.17, 15) is 0 Å². The first kappa shape index (κ1) is 11.2. The fourth-order valence-electron chi connectivity index (χ4n) is 0.532. The van der Waals surface area contributed by atoms with Gasteiger partial charge in [-0.3, -0.25) is 0 Å². The third-order valence-electron chi connectivity index (χ3n) is 0.893. The molecule has 0 rings (SSSR count). The minimum absolute atomic E-state index is 0.413. The van der Waals surface area contributed by atoms with Gasteiger partial charge in [0.2, 0.25) is 6.29 Å². The van der Waals surface area contributed by atoms with Gasteiger partial charge in [-0.15, -0.1) is 0 Å². The lowest BCUT2D eigenvalue weighted by Gasteiger charge is -2.08. The molecule has 4 heteroatoms. The summed E-state index contributed by atoms with van der Waals surface area (Å²) in [6, 6.07) is 0. The summed E-state index contributed by atoms with van der Waals surface area (Å²) < 4.78 is 9.38. The Morgan fingerprint density at radius 1 is 1.08 bits per heavy atom. The van der Waals surface area contributed by atoms with E-state index >= 15 is 0 Å². The third-order valence-corrected chi connectivity index (χ3v) is 0.893. The third kappa shape index (κ3) is 7.35. The molecule has 4 nitrogen and oxygen atoms in total. The van der Waals surface area contributed by atoms with Gasteiger partial charge in [-0.1, -0.05) is 0 Å².